The quantitative estimate of drug-likeness (QED) is 0.606. The van der Waals surface area contributed by atoms with Crippen molar-refractivity contribution in [2.24, 2.45) is 0 Å². The topological polar surface area (TPSA) is 29.1 Å². The molecule has 0 unspecified atom stereocenters. The molecule has 2 nitrogen and oxygen atoms in total. The molecule has 1 N–H and O–H groups in total. The van der Waals surface area contributed by atoms with Gasteiger partial charge >= 0.3 is 0 Å². The fourth-order valence-electron chi connectivity index (χ4n) is 1.91. The number of aryl methyl sites for hydroxylation is 1. The number of rotatable bonds is 7. The molecule has 0 atom stereocenters. The maximum absolute atomic E-state index is 11.6. The van der Waals surface area contributed by atoms with Crippen molar-refractivity contribution in [2.75, 3.05) is 6.54 Å². The highest BCUT2D eigenvalue weighted by Crippen LogP contribution is 2.09. The summed E-state index contributed by atoms with van der Waals surface area (Å²) in [7, 11) is 0. The number of carbonyl (C=O) groups excluding carboxylic acids is 1. The van der Waals surface area contributed by atoms with Crippen molar-refractivity contribution >= 4 is 23.3 Å². The van der Waals surface area contributed by atoms with Gasteiger partial charge in [0, 0.05) is 17.5 Å². The molecule has 0 fully saturated rings. The molecule has 0 aliphatic rings. The smallest absolute Gasteiger partial charge is 0.244 e. The summed E-state index contributed by atoms with van der Waals surface area (Å²) < 4.78 is 0. The van der Waals surface area contributed by atoms with Crippen molar-refractivity contribution in [1.29, 1.82) is 0 Å². The molecule has 1 heterocycles. The number of hydrogen-bond acceptors (Lipinski definition) is 2. The molecule has 2 rings (SSSR count). The summed E-state index contributed by atoms with van der Waals surface area (Å²) in [6.45, 7) is 0.737. The van der Waals surface area contributed by atoms with Gasteiger partial charge in [-0.05, 0) is 42.3 Å². The van der Waals surface area contributed by atoms with Gasteiger partial charge in [-0.3, -0.25) is 4.79 Å². The number of amides is 1. The third-order valence-corrected chi connectivity index (χ3v) is 3.81. The highest BCUT2D eigenvalue weighted by atomic mass is 32.1. The van der Waals surface area contributed by atoms with Crippen molar-refractivity contribution in [3.63, 3.8) is 0 Å². The van der Waals surface area contributed by atoms with E-state index in [9.17, 15) is 4.79 Å². The first-order valence-electron chi connectivity index (χ1n) is 6.88. The van der Waals surface area contributed by atoms with E-state index in [0.717, 1.165) is 30.7 Å². The molecule has 1 aromatic heterocycles. The summed E-state index contributed by atoms with van der Waals surface area (Å²) in [4.78, 5) is 12.7. The molecule has 0 saturated carbocycles. The van der Waals surface area contributed by atoms with E-state index < -0.39 is 0 Å². The zero-order valence-electron chi connectivity index (χ0n) is 11.4. The maximum Gasteiger partial charge on any atom is 0.244 e. The lowest BCUT2D eigenvalue weighted by Crippen LogP contribution is -2.22. The van der Waals surface area contributed by atoms with Crippen molar-refractivity contribution < 1.29 is 4.79 Å². The standard InChI is InChI=1S/C17H19NOS/c19-17(12-11-16-10-6-14-20-16)18-13-5-4-9-15-7-2-1-3-8-15/h1-3,6-8,10-12,14H,4-5,9,13H2,(H,18,19)/b12-11+. The number of unbranched alkanes of at least 4 members (excludes halogenated alkanes) is 1. The van der Waals surface area contributed by atoms with Crippen LogP contribution in [-0.4, -0.2) is 12.5 Å². The predicted octanol–water partition coefficient (Wildman–Crippen LogP) is 3.90. The van der Waals surface area contributed by atoms with Crippen molar-refractivity contribution in [1.82, 2.24) is 5.32 Å². The second-order valence-electron chi connectivity index (χ2n) is 4.58. The molecule has 1 aromatic carbocycles. The fraction of sp³-hybridized carbons (Fsp3) is 0.235. The minimum absolute atomic E-state index is 0.0156. The van der Waals surface area contributed by atoms with Crippen LogP contribution >= 0.6 is 11.3 Å². The molecule has 0 spiro atoms. The van der Waals surface area contributed by atoms with Crippen LogP contribution in [-0.2, 0) is 11.2 Å². The van der Waals surface area contributed by atoms with E-state index in [1.807, 2.05) is 29.7 Å². The Bertz CT molecular complexity index is 531. The summed E-state index contributed by atoms with van der Waals surface area (Å²) in [6, 6.07) is 14.4. The Kier molecular flexibility index (Phi) is 6.06. The molecular formula is C17H19NOS. The Morgan fingerprint density at radius 3 is 2.70 bits per heavy atom. The van der Waals surface area contributed by atoms with E-state index in [2.05, 4.69) is 29.6 Å². The molecule has 0 saturated heterocycles. The Morgan fingerprint density at radius 2 is 1.95 bits per heavy atom. The van der Waals surface area contributed by atoms with Gasteiger partial charge in [0.2, 0.25) is 5.91 Å². The lowest BCUT2D eigenvalue weighted by molar-refractivity contribution is -0.116. The van der Waals surface area contributed by atoms with E-state index in [4.69, 9.17) is 0 Å². The molecular weight excluding hydrogens is 266 g/mol. The zero-order valence-corrected chi connectivity index (χ0v) is 12.2. The van der Waals surface area contributed by atoms with Crippen LogP contribution in [0.5, 0.6) is 0 Å². The number of benzene rings is 1. The average Bonchev–Trinajstić information content (AvgIpc) is 2.99. The lowest BCUT2D eigenvalue weighted by atomic mass is 10.1. The summed E-state index contributed by atoms with van der Waals surface area (Å²) >= 11 is 1.63. The van der Waals surface area contributed by atoms with E-state index in [-0.39, 0.29) is 5.91 Å². The van der Waals surface area contributed by atoms with Crippen molar-refractivity contribution in [3.8, 4) is 0 Å². The Morgan fingerprint density at radius 1 is 1.10 bits per heavy atom. The first kappa shape index (κ1) is 14.5. The summed E-state index contributed by atoms with van der Waals surface area (Å²) in [5.74, 6) is -0.0156. The normalized spacial score (nSPS) is 10.8. The monoisotopic (exact) mass is 285 g/mol. The van der Waals surface area contributed by atoms with E-state index in [0.29, 0.717) is 0 Å². The molecule has 0 aliphatic carbocycles. The number of carbonyl (C=O) groups is 1. The maximum atomic E-state index is 11.6. The molecule has 0 bridgehead atoms. The minimum Gasteiger partial charge on any atom is -0.353 e. The molecule has 1 amide bonds. The minimum atomic E-state index is -0.0156. The van der Waals surface area contributed by atoms with Crippen LogP contribution in [0.15, 0.2) is 53.9 Å². The third-order valence-electron chi connectivity index (χ3n) is 2.98. The summed E-state index contributed by atoms with van der Waals surface area (Å²) in [5, 5.41) is 4.91. The van der Waals surface area contributed by atoms with Crippen LogP contribution in [0.25, 0.3) is 6.08 Å². The molecule has 0 radical (unpaired) electrons. The van der Waals surface area contributed by atoms with Crippen LogP contribution in [0.3, 0.4) is 0 Å². The SMILES string of the molecule is O=C(/C=C/c1cccs1)NCCCCc1ccccc1. The van der Waals surface area contributed by atoms with Crippen LogP contribution < -0.4 is 5.32 Å². The first-order chi connectivity index (χ1) is 9.84. The largest absolute Gasteiger partial charge is 0.353 e. The van der Waals surface area contributed by atoms with Gasteiger partial charge < -0.3 is 5.32 Å². The highest BCUT2D eigenvalue weighted by molar-refractivity contribution is 7.10. The second-order valence-corrected chi connectivity index (χ2v) is 5.56. The average molecular weight is 285 g/mol. The molecule has 104 valence electrons. The highest BCUT2D eigenvalue weighted by Gasteiger charge is 1.96. The van der Waals surface area contributed by atoms with Gasteiger partial charge in [0.1, 0.15) is 0 Å². The molecule has 20 heavy (non-hydrogen) atoms. The molecule has 0 aliphatic heterocycles. The van der Waals surface area contributed by atoms with Crippen LogP contribution in [0.4, 0.5) is 0 Å². The van der Waals surface area contributed by atoms with Gasteiger partial charge in [-0.15, -0.1) is 11.3 Å². The second kappa shape index (κ2) is 8.33. The van der Waals surface area contributed by atoms with Gasteiger partial charge in [0.15, 0.2) is 0 Å². The fourth-order valence-corrected chi connectivity index (χ4v) is 2.53. The number of hydrogen-bond donors (Lipinski definition) is 1. The van der Waals surface area contributed by atoms with Gasteiger partial charge in [0.25, 0.3) is 0 Å². The Balaban J connectivity index is 1.58. The van der Waals surface area contributed by atoms with Crippen LogP contribution in [0.1, 0.15) is 23.3 Å². The number of nitrogens with one attached hydrogen (secondary N) is 1. The van der Waals surface area contributed by atoms with Gasteiger partial charge in [0.05, 0.1) is 0 Å². The third kappa shape index (κ3) is 5.41. The van der Waals surface area contributed by atoms with E-state index >= 15 is 0 Å². The van der Waals surface area contributed by atoms with Crippen LogP contribution in [0.2, 0.25) is 0 Å². The molecule has 3 heteroatoms. The van der Waals surface area contributed by atoms with E-state index in [1.54, 1.807) is 17.4 Å². The first-order valence-corrected chi connectivity index (χ1v) is 7.76. The Labute approximate surface area is 124 Å². The predicted molar refractivity (Wildman–Crippen MR) is 85.7 cm³/mol. The van der Waals surface area contributed by atoms with Gasteiger partial charge in [-0.25, -0.2) is 0 Å². The Hall–Kier alpha value is -1.87. The summed E-state index contributed by atoms with van der Waals surface area (Å²) in [5.41, 5.74) is 1.36. The van der Waals surface area contributed by atoms with Gasteiger partial charge in [-0.1, -0.05) is 36.4 Å². The zero-order chi connectivity index (χ0) is 14.0. The summed E-state index contributed by atoms with van der Waals surface area (Å²) in [6.07, 6.45) is 6.63. The van der Waals surface area contributed by atoms with Crippen molar-refractivity contribution in [3.05, 3.63) is 64.4 Å². The van der Waals surface area contributed by atoms with Crippen molar-refractivity contribution in [2.45, 2.75) is 19.3 Å². The lowest BCUT2D eigenvalue weighted by Gasteiger charge is -2.03. The van der Waals surface area contributed by atoms with Gasteiger partial charge in [-0.2, -0.15) is 0 Å². The number of thiophene rings is 1. The van der Waals surface area contributed by atoms with E-state index in [1.165, 1.54) is 5.56 Å². The molecule has 2 aromatic rings. The van der Waals surface area contributed by atoms with Crippen LogP contribution in [0, 0.1) is 0 Å².